The van der Waals surface area contributed by atoms with Crippen LogP contribution in [-0.4, -0.2) is 33.7 Å². The molecule has 1 fully saturated rings. The summed E-state index contributed by atoms with van der Waals surface area (Å²) in [5.41, 5.74) is 0.928. The van der Waals surface area contributed by atoms with E-state index in [2.05, 4.69) is 17.0 Å². The lowest BCUT2D eigenvalue weighted by Crippen LogP contribution is -2.30. The molecule has 0 aliphatic carbocycles. The van der Waals surface area contributed by atoms with Gasteiger partial charge in [0.25, 0.3) is 0 Å². The summed E-state index contributed by atoms with van der Waals surface area (Å²) in [5.74, 6) is 0.510. The van der Waals surface area contributed by atoms with Crippen molar-refractivity contribution in [3.05, 3.63) is 24.3 Å². The molecule has 0 bridgehead atoms. The van der Waals surface area contributed by atoms with Crippen LogP contribution in [-0.2, 0) is 14.8 Å². The fraction of sp³-hybridized carbons (Fsp3) is 0.600. The van der Waals surface area contributed by atoms with Crippen LogP contribution in [0.3, 0.4) is 0 Å². The van der Waals surface area contributed by atoms with Crippen LogP contribution in [0.15, 0.2) is 29.2 Å². The van der Waals surface area contributed by atoms with Crippen molar-refractivity contribution < 1.29 is 13.2 Å². The Bertz CT molecular complexity index is 555. The van der Waals surface area contributed by atoms with E-state index in [4.69, 9.17) is 4.74 Å². The summed E-state index contributed by atoms with van der Waals surface area (Å²) in [4.78, 5) is 0.291. The lowest BCUT2D eigenvalue weighted by atomic mass is 10.0. The van der Waals surface area contributed by atoms with Crippen LogP contribution in [0.1, 0.15) is 27.2 Å². The van der Waals surface area contributed by atoms with Gasteiger partial charge in [-0.3, -0.25) is 0 Å². The van der Waals surface area contributed by atoms with Crippen molar-refractivity contribution in [2.24, 2.45) is 5.92 Å². The molecule has 2 atom stereocenters. The van der Waals surface area contributed by atoms with Crippen LogP contribution in [0.4, 0.5) is 5.69 Å². The molecule has 1 aliphatic rings. The number of ether oxygens (including phenoxy) is 1. The second-order valence-corrected chi connectivity index (χ2v) is 7.52. The molecule has 1 heterocycles. The van der Waals surface area contributed by atoms with E-state index in [9.17, 15) is 8.42 Å². The number of benzene rings is 1. The Hall–Kier alpha value is -1.11. The summed E-state index contributed by atoms with van der Waals surface area (Å²) in [6.07, 6.45) is 1.35. The Morgan fingerprint density at radius 3 is 2.48 bits per heavy atom. The van der Waals surface area contributed by atoms with Gasteiger partial charge in [-0.05, 0) is 51.5 Å². The van der Waals surface area contributed by atoms with E-state index < -0.39 is 10.0 Å². The van der Waals surface area contributed by atoms with Crippen molar-refractivity contribution in [3.8, 4) is 0 Å². The molecule has 1 aromatic rings. The average Bonchev–Trinajstić information content (AvgIpc) is 2.81. The van der Waals surface area contributed by atoms with E-state index in [1.54, 1.807) is 38.1 Å². The number of rotatable bonds is 6. The maximum atomic E-state index is 12.0. The smallest absolute Gasteiger partial charge is 0.240 e. The zero-order valence-corrected chi connectivity index (χ0v) is 13.6. The fourth-order valence-corrected chi connectivity index (χ4v) is 3.67. The second-order valence-electron chi connectivity index (χ2n) is 5.81. The minimum atomic E-state index is -3.41. The van der Waals surface area contributed by atoms with Gasteiger partial charge in [0.1, 0.15) is 0 Å². The highest BCUT2D eigenvalue weighted by molar-refractivity contribution is 7.89. The molecule has 5 nitrogen and oxygen atoms in total. The Kier molecular flexibility index (Phi) is 5.24. The van der Waals surface area contributed by atoms with Crippen molar-refractivity contribution >= 4 is 15.7 Å². The third-order valence-electron chi connectivity index (χ3n) is 3.66. The molecule has 0 aromatic heterocycles. The highest BCUT2D eigenvalue weighted by Gasteiger charge is 2.23. The Labute approximate surface area is 127 Å². The molecule has 1 aromatic carbocycles. The van der Waals surface area contributed by atoms with Crippen LogP contribution >= 0.6 is 0 Å². The molecule has 0 radical (unpaired) electrons. The first-order valence-corrected chi connectivity index (χ1v) is 8.84. The van der Waals surface area contributed by atoms with Crippen LogP contribution in [0.5, 0.6) is 0 Å². The third-order valence-corrected chi connectivity index (χ3v) is 5.33. The Morgan fingerprint density at radius 1 is 1.29 bits per heavy atom. The molecule has 0 saturated carbocycles. The Balaban J connectivity index is 1.96. The third kappa shape index (κ3) is 4.43. The van der Waals surface area contributed by atoms with Gasteiger partial charge in [-0.1, -0.05) is 0 Å². The van der Waals surface area contributed by atoms with Gasteiger partial charge < -0.3 is 10.1 Å². The zero-order chi connectivity index (χ0) is 15.5. The summed E-state index contributed by atoms with van der Waals surface area (Å²) >= 11 is 0. The maximum Gasteiger partial charge on any atom is 0.240 e. The first-order chi connectivity index (χ1) is 9.88. The van der Waals surface area contributed by atoms with Gasteiger partial charge in [-0.15, -0.1) is 0 Å². The largest absolute Gasteiger partial charge is 0.385 e. The van der Waals surface area contributed by atoms with Crippen LogP contribution < -0.4 is 10.0 Å². The number of sulfonamides is 1. The second kappa shape index (κ2) is 6.77. The van der Waals surface area contributed by atoms with Crippen LogP contribution in [0.2, 0.25) is 0 Å². The molecule has 0 spiro atoms. The van der Waals surface area contributed by atoms with Gasteiger partial charge in [-0.2, -0.15) is 0 Å². The van der Waals surface area contributed by atoms with Gasteiger partial charge in [0, 0.05) is 30.8 Å². The first-order valence-electron chi connectivity index (χ1n) is 7.36. The van der Waals surface area contributed by atoms with Crippen LogP contribution in [0, 0.1) is 5.92 Å². The van der Waals surface area contributed by atoms with Crippen molar-refractivity contribution in [3.63, 3.8) is 0 Å². The predicted octanol–water partition coefficient (Wildman–Crippen LogP) is 2.21. The number of anilines is 1. The summed E-state index contributed by atoms with van der Waals surface area (Å²) in [6, 6.07) is 6.74. The Morgan fingerprint density at radius 2 is 1.95 bits per heavy atom. The lowest BCUT2D eigenvalue weighted by molar-refractivity contribution is 0.108. The number of hydrogen-bond donors (Lipinski definition) is 2. The monoisotopic (exact) mass is 312 g/mol. The zero-order valence-electron chi connectivity index (χ0n) is 12.8. The normalized spacial score (nSPS) is 22.7. The van der Waals surface area contributed by atoms with Gasteiger partial charge in [-0.25, -0.2) is 13.1 Å². The number of nitrogens with one attached hydrogen (secondary N) is 2. The molecule has 1 aliphatic heterocycles. The molecule has 2 rings (SSSR count). The molecule has 1 saturated heterocycles. The molecule has 2 N–H and O–H groups in total. The van der Waals surface area contributed by atoms with Crippen molar-refractivity contribution in [1.82, 2.24) is 4.72 Å². The molecular formula is C15H24N2O3S. The topological polar surface area (TPSA) is 67.4 Å². The lowest BCUT2D eigenvalue weighted by Gasteiger charge is -2.16. The predicted molar refractivity (Wildman–Crippen MR) is 83.9 cm³/mol. The maximum absolute atomic E-state index is 12.0. The van der Waals surface area contributed by atoms with Gasteiger partial charge in [0.15, 0.2) is 0 Å². The van der Waals surface area contributed by atoms with Crippen molar-refractivity contribution in [1.29, 1.82) is 0 Å². The quantitative estimate of drug-likeness (QED) is 0.845. The molecule has 2 unspecified atom stereocenters. The SMILES string of the molecule is CC(C)NS(=O)(=O)c1ccc(NCC2CCOC2C)cc1. The summed E-state index contributed by atoms with van der Waals surface area (Å²) in [7, 11) is -3.41. The summed E-state index contributed by atoms with van der Waals surface area (Å²) < 4.78 is 32.1. The molecule has 21 heavy (non-hydrogen) atoms. The van der Waals surface area contributed by atoms with Crippen molar-refractivity contribution in [2.75, 3.05) is 18.5 Å². The van der Waals surface area contributed by atoms with E-state index in [1.807, 2.05) is 0 Å². The van der Waals surface area contributed by atoms with Crippen molar-refractivity contribution in [2.45, 2.75) is 44.2 Å². The van der Waals surface area contributed by atoms with Crippen LogP contribution in [0.25, 0.3) is 0 Å². The molecular weight excluding hydrogens is 288 g/mol. The average molecular weight is 312 g/mol. The van der Waals surface area contributed by atoms with E-state index in [-0.39, 0.29) is 12.1 Å². The molecule has 0 amide bonds. The summed E-state index contributed by atoms with van der Waals surface area (Å²) in [6.45, 7) is 7.37. The highest BCUT2D eigenvalue weighted by Crippen LogP contribution is 2.21. The van der Waals surface area contributed by atoms with Gasteiger partial charge in [0.05, 0.1) is 11.0 Å². The van der Waals surface area contributed by atoms with E-state index in [0.717, 1.165) is 25.3 Å². The van der Waals surface area contributed by atoms with E-state index in [1.165, 1.54) is 0 Å². The molecule has 6 heteroatoms. The standard InChI is InChI=1S/C15H24N2O3S/c1-11(2)17-21(18,19)15-6-4-14(5-7-15)16-10-13-8-9-20-12(13)3/h4-7,11-13,16-17H,8-10H2,1-3H3. The van der Waals surface area contributed by atoms with E-state index in [0.29, 0.717) is 10.8 Å². The minimum Gasteiger partial charge on any atom is -0.385 e. The van der Waals surface area contributed by atoms with E-state index >= 15 is 0 Å². The number of hydrogen-bond acceptors (Lipinski definition) is 4. The van der Waals surface area contributed by atoms with Gasteiger partial charge in [0.2, 0.25) is 10.0 Å². The highest BCUT2D eigenvalue weighted by atomic mass is 32.2. The first kappa shape index (κ1) is 16.3. The molecule has 118 valence electrons. The van der Waals surface area contributed by atoms with Gasteiger partial charge >= 0.3 is 0 Å². The summed E-state index contributed by atoms with van der Waals surface area (Å²) in [5, 5.41) is 3.34. The minimum absolute atomic E-state index is 0.114. The fourth-order valence-electron chi connectivity index (χ4n) is 2.42.